The van der Waals surface area contributed by atoms with Crippen molar-refractivity contribution in [3.8, 4) is 5.75 Å². The summed E-state index contributed by atoms with van der Waals surface area (Å²) in [6, 6.07) is 26.5. The monoisotopic (exact) mass is 283 g/mol. The second kappa shape index (κ2) is 5.19. The van der Waals surface area contributed by atoms with E-state index in [-0.39, 0.29) is 0 Å². The number of hydrogen-bond acceptors (Lipinski definition) is 1. The van der Waals surface area contributed by atoms with Crippen LogP contribution in [0.15, 0.2) is 78.9 Å². The highest BCUT2D eigenvalue weighted by Crippen LogP contribution is 2.31. The molecule has 0 saturated heterocycles. The molecule has 1 N–H and O–H groups in total. The Morgan fingerprint density at radius 3 is 1.77 bits per heavy atom. The van der Waals surface area contributed by atoms with Crippen molar-refractivity contribution in [1.82, 2.24) is 0 Å². The summed E-state index contributed by atoms with van der Waals surface area (Å²) in [4.78, 5) is 0. The van der Waals surface area contributed by atoms with Crippen LogP contribution in [0.25, 0.3) is 21.5 Å². The number of fused-ring (bicyclic) bond motifs is 2. The molecular weight excluding hydrogens is 268 g/mol. The predicted octanol–water partition coefficient (Wildman–Crippen LogP) is 5.30. The molecule has 1 radical (unpaired) electrons. The van der Waals surface area contributed by atoms with Crippen molar-refractivity contribution in [2.45, 2.75) is 0 Å². The first-order valence-corrected chi connectivity index (χ1v) is 7.35. The Balaban J connectivity index is 1.97. The summed E-state index contributed by atoms with van der Waals surface area (Å²) in [5, 5.41) is 14.4. The number of hydrogen-bond donors (Lipinski definition) is 1. The molecule has 0 aromatic heterocycles. The van der Waals surface area contributed by atoms with Crippen LogP contribution in [0.2, 0.25) is 0 Å². The zero-order valence-electron chi connectivity index (χ0n) is 12.0. The second-order valence-electron chi connectivity index (χ2n) is 5.47. The Hall–Kier alpha value is -2.80. The molecule has 0 amide bonds. The zero-order valence-corrected chi connectivity index (χ0v) is 12.0. The van der Waals surface area contributed by atoms with E-state index in [1.807, 2.05) is 12.1 Å². The van der Waals surface area contributed by atoms with Gasteiger partial charge < -0.3 is 5.11 Å². The molecule has 1 nitrogen and oxygen atoms in total. The predicted molar refractivity (Wildman–Crippen MR) is 92.1 cm³/mol. The van der Waals surface area contributed by atoms with Gasteiger partial charge in [-0.2, -0.15) is 0 Å². The standard InChI is InChI=1S/C21H15O/c22-18-11-9-15(10-12-18)13-21-19-7-3-1-5-16(19)14-17-6-2-4-8-20(17)21/h1-14,22H. The van der Waals surface area contributed by atoms with Gasteiger partial charge in [-0.1, -0.05) is 60.7 Å². The minimum Gasteiger partial charge on any atom is -0.508 e. The molecular formula is C21H15O. The van der Waals surface area contributed by atoms with Gasteiger partial charge in [0.15, 0.2) is 0 Å². The summed E-state index contributed by atoms with van der Waals surface area (Å²) < 4.78 is 0. The van der Waals surface area contributed by atoms with E-state index in [0.717, 1.165) is 5.56 Å². The van der Waals surface area contributed by atoms with Gasteiger partial charge in [-0.25, -0.2) is 0 Å². The lowest BCUT2D eigenvalue weighted by Crippen LogP contribution is -1.90. The Bertz CT molecular complexity index is 898. The highest BCUT2D eigenvalue weighted by molar-refractivity contribution is 6.03. The molecule has 4 aromatic rings. The van der Waals surface area contributed by atoms with Crippen molar-refractivity contribution in [2.75, 3.05) is 0 Å². The molecule has 0 bridgehead atoms. The highest BCUT2D eigenvalue weighted by Gasteiger charge is 2.08. The average Bonchev–Trinajstić information content (AvgIpc) is 2.56. The molecule has 22 heavy (non-hydrogen) atoms. The van der Waals surface area contributed by atoms with Crippen LogP contribution in [0.3, 0.4) is 0 Å². The van der Waals surface area contributed by atoms with Gasteiger partial charge in [0.1, 0.15) is 5.75 Å². The number of benzene rings is 4. The van der Waals surface area contributed by atoms with Crippen molar-refractivity contribution >= 4 is 21.5 Å². The van der Waals surface area contributed by atoms with E-state index in [9.17, 15) is 5.11 Å². The smallest absolute Gasteiger partial charge is 0.115 e. The molecule has 4 aromatic carbocycles. The van der Waals surface area contributed by atoms with Gasteiger partial charge in [0.25, 0.3) is 0 Å². The van der Waals surface area contributed by atoms with E-state index < -0.39 is 0 Å². The first-order valence-electron chi connectivity index (χ1n) is 7.35. The number of phenols is 1. The van der Waals surface area contributed by atoms with Crippen molar-refractivity contribution in [3.63, 3.8) is 0 Å². The maximum atomic E-state index is 9.45. The van der Waals surface area contributed by atoms with Crippen LogP contribution in [-0.4, -0.2) is 5.11 Å². The van der Waals surface area contributed by atoms with Crippen LogP contribution in [0, 0.1) is 6.42 Å². The van der Waals surface area contributed by atoms with E-state index in [1.54, 1.807) is 12.1 Å². The molecule has 0 aliphatic rings. The molecule has 0 saturated carbocycles. The lowest BCUT2D eigenvalue weighted by Gasteiger charge is -2.11. The summed E-state index contributed by atoms with van der Waals surface area (Å²) in [7, 11) is 0. The van der Waals surface area contributed by atoms with E-state index in [2.05, 4.69) is 61.0 Å². The number of phenolic OH excluding ortho intramolecular Hbond substituents is 1. The number of rotatable bonds is 2. The molecule has 0 fully saturated rings. The van der Waals surface area contributed by atoms with Crippen molar-refractivity contribution in [1.29, 1.82) is 0 Å². The summed E-state index contributed by atoms with van der Waals surface area (Å²) in [5.41, 5.74) is 2.30. The third kappa shape index (κ3) is 2.21. The van der Waals surface area contributed by atoms with Gasteiger partial charge >= 0.3 is 0 Å². The molecule has 0 aliphatic heterocycles. The Morgan fingerprint density at radius 1 is 0.636 bits per heavy atom. The van der Waals surface area contributed by atoms with Crippen LogP contribution in [0.1, 0.15) is 11.1 Å². The fraction of sp³-hybridized carbons (Fsp3) is 0. The maximum Gasteiger partial charge on any atom is 0.115 e. The zero-order chi connectivity index (χ0) is 14.9. The van der Waals surface area contributed by atoms with Gasteiger partial charge in [0, 0.05) is 6.42 Å². The topological polar surface area (TPSA) is 20.2 Å². The highest BCUT2D eigenvalue weighted by atomic mass is 16.3. The van der Waals surface area contributed by atoms with Gasteiger partial charge in [-0.3, -0.25) is 0 Å². The van der Waals surface area contributed by atoms with Crippen LogP contribution in [0.5, 0.6) is 5.75 Å². The Kier molecular flexibility index (Phi) is 3.05. The fourth-order valence-electron chi connectivity index (χ4n) is 2.94. The quantitative estimate of drug-likeness (QED) is 0.495. The van der Waals surface area contributed by atoms with E-state index in [4.69, 9.17) is 0 Å². The van der Waals surface area contributed by atoms with Gasteiger partial charge in [0.2, 0.25) is 0 Å². The summed E-state index contributed by atoms with van der Waals surface area (Å²) in [6.07, 6.45) is 2.18. The first-order chi connectivity index (χ1) is 10.8. The Labute approximate surface area is 129 Å². The molecule has 0 aliphatic carbocycles. The summed E-state index contributed by atoms with van der Waals surface area (Å²) >= 11 is 0. The van der Waals surface area contributed by atoms with Crippen LogP contribution >= 0.6 is 0 Å². The van der Waals surface area contributed by atoms with Crippen molar-refractivity contribution < 1.29 is 5.11 Å². The van der Waals surface area contributed by atoms with Gasteiger partial charge in [0.05, 0.1) is 0 Å². The third-order valence-electron chi connectivity index (χ3n) is 4.02. The van der Waals surface area contributed by atoms with Crippen LogP contribution < -0.4 is 0 Å². The Morgan fingerprint density at radius 2 is 1.18 bits per heavy atom. The molecule has 0 atom stereocenters. The van der Waals surface area contributed by atoms with Crippen LogP contribution in [-0.2, 0) is 0 Å². The minimum atomic E-state index is 0.292. The molecule has 0 heterocycles. The molecule has 0 unspecified atom stereocenters. The lowest BCUT2D eigenvalue weighted by atomic mass is 9.92. The number of aromatic hydroxyl groups is 1. The third-order valence-corrected chi connectivity index (χ3v) is 4.02. The fourth-order valence-corrected chi connectivity index (χ4v) is 2.94. The van der Waals surface area contributed by atoms with Gasteiger partial charge in [-0.15, -0.1) is 0 Å². The minimum absolute atomic E-state index is 0.292. The normalized spacial score (nSPS) is 11.1. The van der Waals surface area contributed by atoms with Crippen molar-refractivity contribution in [2.24, 2.45) is 0 Å². The first kappa shape index (κ1) is 12.9. The molecule has 105 valence electrons. The summed E-state index contributed by atoms with van der Waals surface area (Å²) in [5.74, 6) is 0.292. The summed E-state index contributed by atoms with van der Waals surface area (Å²) in [6.45, 7) is 0. The molecule has 0 spiro atoms. The second-order valence-corrected chi connectivity index (χ2v) is 5.47. The largest absolute Gasteiger partial charge is 0.508 e. The van der Waals surface area contributed by atoms with Crippen LogP contribution in [0.4, 0.5) is 0 Å². The van der Waals surface area contributed by atoms with Crippen molar-refractivity contribution in [3.05, 3.63) is 96.4 Å². The van der Waals surface area contributed by atoms with E-state index in [0.29, 0.717) is 5.75 Å². The molecule has 4 rings (SSSR count). The lowest BCUT2D eigenvalue weighted by molar-refractivity contribution is 0.475. The van der Waals surface area contributed by atoms with E-state index >= 15 is 0 Å². The van der Waals surface area contributed by atoms with E-state index in [1.165, 1.54) is 27.1 Å². The average molecular weight is 283 g/mol. The molecule has 1 heteroatoms. The SMILES string of the molecule is Oc1ccc([CH]c2c3ccccc3cc3ccccc23)cc1. The van der Waals surface area contributed by atoms with Gasteiger partial charge in [-0.05, 0) is 50.9 Å². The maximum absolute atomic E-state index is 9.45.